The molecule has 0 amide bonds. The molecule has 0 unspecified atom stereocenters. The van der Waals surface area contributed by atoms with Crippen LogP contribution in [0.15, 0.2) is 46.2 Å². The Labute approximate surface area is 122 Å². The van der Waals surface area contributed by atoms with E-state index in [1.54, 1.807) is 25.1 Å². The lowest BCUT2D eigenvalue weighted by Crippen LogP contribution is -2.15. The molecule has 0 aliphatic heterocycles. The van der Waals surface area contributed by atoms with Crippen molar-refractivity contribution < 1.29 is 13.2 Å². The van der Waals surface area contributed by atoms with Crippen molar-refractivity contribution in [3.05, 3.63) is 52.4 Å². The first kappa shape index (κ1) is 15.1. The highest BCUT2D eigenvalue weighted by Gasteiger charge is 2.15. The lowest BCUT2D eigenvalue weighted by Gasteiger charge is -2.12. The minimum atomic E-state index is -3.74. The zero-order valence-corrected chi connectivity index (χ0v) is 12.5. The van der Waals surface area contributed by atoms with Crippen LogP contribution in [0.4, 0.5) is 5.69 Å². The van der Waals surface area contributed by atoms with Crippen LogP contribution in [0, 0.1) is 6.92 Å². The molecule has 0 aliphatic carbocycles. The van der Waals surface area contributed by atoms with Crippen LogP contribution < -0.4 is 15.0 Å². The summed E-state index contributed by atoms with van der Waals surface area (Å²) < 4.78 is 32.3. The molecule has 1 aromatic heterocycles. The molecule has 0 fully saturated rings. The van der Waals surface area contributed by atoms with E-state index in [1.165, 1.54) is 12.1 Å². The van der Waals surface area contributed by atoms with E-state index >= 15 is 0 Å². The Bertz CT molecular complexity index is 776. The number of sulfonamides is 1. The van der Waals surface area contributed by atoms with Gasteiger partial charge in [-0.1, -0.05) is 0 Å². The monoisotopic (exact) mass is 308 g/mol. The lowest BCUT2D eigenvalue weighted by atomic mass is 10.2. The Morgan fingerprint density at radius 2 is 2.00 bits per heavy atom. The molecule has 0 radical (unpaired) electrons. The molecule has 2 N–H and O–H groups in total. The highest BCUT2D eigenvalue weighted by Crippen LogP contribution is 2.23. The quantitative estimate of drug-likeness (QED) is 0.882. The lowest BCUT2D eigenvalue weighted by molar-refractivity contribution is 0.340. The summed E-state index contributed by atoms with van der Waals surface area (Å²) in [5, 5.41) is 0. The van der Waals surface area contributed by atoms with Crippen LogP contribution in [0.25, 0.3) is 0 Å². The van der Waals surface area contributed by atoms with Crippen LogP contribution >= 0.6 is 0 Å². The molecule has 1 aromatic carbocycles. The van der Waals surface area contributed by atoms with Gasteiger partial charge < -0.3 is 9.72 Å². The van der Waals surface area contributed by atoms with Crippen LogP contribution in [0.3, 0.4) is 0 Å². The summed E-state index contributed by atoms with van der Waals surface area (Å²) in [7, 11) is -3.74. The molecule has 0 bridgehead atoms. The van der Waals surface area contributed by atoms with Crippen molar-refractivity contribution in [2.24, 2.45) is 0 Å². The molecule has 6 nitrogen and oxygen atoms in total. The molecule has 0 atom stereocenters. The smallest absolute Gasteiger partial charge is 0.263 e. The second kappa shape index (κ2) is 6.01. The first-order valence-electron chi connectivity index (χ1n) is 6.37. The number of hydrogen-bond acceptors (Lipinski definition) is 4. The van der Waals surface area contributed by atoms with Crippen LogP contribution in [0.5, 0.6) is 5.75 Å². The van der Waals surface area contributed by atoms with Crippen LogP contribution in [-0.2, 0) is 10.0 Å². The van der Waals surface area contributed by atoms with Crippen LogP contribution in [0.2, 0.25) is 0 Å². The van der Waals surface area contributed by atoms with Crippen molar-refractivity contribution in [3.8, 4) is 5.75 Å². The topological polar surface area (TPSA) is 88.3 Å². The second-order valence-corrected chi connectivity index (χ2v) is 6.09. The van der Waals surface area contributed by atoms with Gasteiger partial charge in [0.15, 0.2) is 0 Å². The van der Waals surface area contributed by atoms with Gasteiger partial charge in [0.25, 0.3) is 10.0 Å². The number of aromatic amines is 1. The molecule has 0 spiro atoms. The maximum Gasteiger partial charge on any atom is 0.263 e. The number of pyridine rings is 1. The van der Waals surface area contributed by atoms with E-state index in [-0.39, 0.29) is 10.5 Å². The van der Waals surface area contributed by atoms with Crippen molar-refractivity contribution in [3.63, 3.8) is 0 Å². The second-order valence-electron chi connectivity index (χ2n) is 4.40. The summed E-state index contributed by atoms with van der Waals surface area (Å²) in [5.41, 5.74) is 0.852. The highest BCUT2D eigenvalue weighted by atomic mass is 32.2. The molecule has 2 rings (SSSR count). The average molecular weight is 308 g/mol. The van der Waals surface area contributed by atoms with E-state index in [1.807, 2.05) is 6.92 Å². The fraction of sp³-hybridized carbons (Fsp3) is 0.214. The SMILES string of the molecule is CCOc1ccc(NS(=O)(=O)c2ccc(=O)[nH]c2)c(C)c1. The van der Waals surface area contributed by atoms with E-state index in [9.17, 15) is 13.2 Å². The number of H-pyrrole nitrogens is 1. The Morgan fingerprint density at radius 3 is 2.57 bits per heavy atom. The number of ether oxygens (including phenoxy) is 1. The molecule has 2 aromatic rings. The van der Waals surface area contributed by atoms with E-state index in [0.717, 1.165) is 11.8 Å². The third-order valence-electron chi connectivity index (χ3n) is 2.82. The average Bonchev–Trinajstić information content (AvgIpc) is 2.42. The molecule has 0 saturated heterocycles. The summed E-state index contributed by atoms with van der Waals surface area (Å²) in [6.07, 6.45) is 1.16. The van der Waals surface area contributed by atoms with Gasteiger partial charge in [-0.25, -0.2) is 8.42 Å². The van der Waals surface area contributed by atoms with Gasteiger partial charge in [-0.2, -0.15) is 0 Å². The van der Waals surface area contributed by atoms with Crippen molar-refractivity contribution in [1.29, 1.82) is 0 Å². The number of hydrogen-bond donors (Lipinski definition) is 2. The van der Waals surface area contributed by atoms with Gasteiger partial charge in [-0.3, -0.25) is 9.52 Å². The minimum absolute atomic E-state index is 0.00427. The number of benzene rings is 1. The summed E-state index contributed by atoms with van der Waals surface area (Å²) in [5.74, 6) is 0.682. The minimum Gasteiger partial charge on any atom is -0.494 e. The summed E-state index contributed by atoms with van der Waals surface area (Å²) in [4.78, 5) is 13.3. The van der Waals surface area contributed by atoms with Crippen LogP contribution in [-0.4, -0.2) is 20.0 Å². The molecule has 112 valence electrons. The predicted octanol–water partition coefficient (Wildman–Crippen LogP) is 1.88. The molecule has 0 aliphatic rings. The first-order chi connectivity index (χ1) is 9.92. The van der Waals surface area contributed by atoms with E-state index in [4.69, 9.17) is 4.74 Å². The maximum atomic E-state index is 12.2. The van der Waals surface area contributed by atoms with Crippen molar-refractivity contribution in [1.82, 2.24) is 4.98 Å². The molecular formula is C14H16N2O4S. The molecule has 21 heavy (non-hydrogen) atoms. The van der Waals surface area contributed by atoms with Crippen LogP contribution in [0.1, 0.15) is 12.5 Å². The summed E-state index contributed by atoms with van der Waals surface area (Å²) >= 11 is 0. The van der Waals surface area contributed by atoms with E-state index in [0.29, 0.717) is 18.0 Å². The first-order valence-corrected chi connectivity index (χ1v) is 7.85. The van der Waals surface area contributed by atoms with Crippen molar-refractivity contribution in [2.45, 2.75) is 18.7 Å². The van der Waals surface area contributed by atoms with Gasteiger partial charge in [-0.05, 0) is 43.7 Å². The molecule has 7 heteroatoms. The Morgan fingerprint density at radius 1 is 1.24 bits per heavy atom. The Hall–Kier alpha value is -2.28. The fourth-order valence-electron chi connectivity index (χ4n) is 1.77. The third kappa shape index (κ3) is 3.63. The summed E-state index contributed by atoms with van der Waals surface area (Å²) in [6.45, 7) is 4.21. The predicted molar refractivity (Wildman–Crippen MR) is 80.2 cm³/mol. The number of aromatic nitrogens is 1. The number of aryl methyl sites for hydroxylation is 1. The number of anilines is 1. The maximum absolute atomic E-state index is 12.2. The van der Waals surface area contributed by atoms with Gasteiger partial charge in [0.1, 0.15) is 10.6 Å². The molecular weight excluding hydrogens is 292 g/mol. The van der Waals surface area contributed by atoms with E-state index in [2.05, 4.69) is 9.71 Å². The highest BCUT2D eigenvalue weighted by molar-refractivity contribution is 7.92. The van der Waals surface area contributed by atoms with Crippen molar-refractivity contribution in [2.75, 3.05) is 11.3 Å². The molecule has 0 saturated carbocycles. The molecule has 1 heterocycles. The standard InChI is InChI=1S/C14H16N2O4S/c1-3-20-11-4-6-13(10(2)8-11)16-21(18,19)12-5-7-14(17)15-9-12/h4-9,16H,3H2,1-2H3,(H,15,17). The normalized spacial score (nSPS) is 11.1. The zero-order chi connectivity index (χ0) is 15.5. The van der Waals surface area contributed by atoms with Gasteiger partial charge in [0, 0.05) is 12.3 Å². The number of rotatable bonds is 5. The van der Waals surface area contributed by atoms with Gasteiger partial charge in [-0.15, -0.1) is 0 Å². The number of nitrogens with one attached hydrogen (secondary N) is 2. The Balaban J connectivity index is 2.28. The zero-order valence-electron chi connectivity index (χ0n) is 11.7. The largest absolute Gasteiger partial charge is 0.494 e. The van der Waals surface area contributed by atoms with Gasteiger partial charge >= 0.3 is 0 Å². The third-order valence-corrected chi connectivity index (χ3v) is 4.18. The van der Waals surface area contributed by atoms with Gasteiger partial charge in [0.05, 0.1) is 12.3 Å². The fourth-order valence-corrected chi connectivity index (χ4v) is 2.87. The van der Waals surface area contributed by atoms with Crippen molar-refractivity contribution >= 4 is 15.7 Å². The Kier molecular flexibility index (Phi) is 4.32. The van der Waals surface area contributed by atoms with Gasteiger partial charge in [0.2, 0.25) is 5.56 Å². The summed E-state index contributed by atoms with van der Waals surface area (Å²) in [6, 6.07) is 7.52. The van der Waals surface area contributed by atoms with E-state index < -0.39 is 10.0 Å².